The lowest BCUT2D eigenvalue weighted by molar-refractivity contribution is -0.129. The molecule has 0 aromatic rings. The number of rotatable bonds is 1. The maximum Gasteiger partial charge on any atom is 1.00 e. The lowest BCUT2D eigenvalue weighted by atomic mass is 10.2. The zero-order chi connectivity index (χ0) is 7.68. The Labute approximate surface area is 69.1 Å². The Hall–Kier alpha value is -0.530. The van der Waals surface area contributed by atoms with E-state index in [4.69, 9.17) is 0 Å². The van der Waals surface area contributed by atoms with E-state index in [0.29, 0.717) is 11.9 Å². The maximum absolute atomic E-state index is 11.3. The van der Waals surface area contributed by atoms with Gasteiger partial charge in [0.25, 0.3) is 0 Å². The predicted octanol–water partition coefficient (Wildman–Crippen LogP) is 1.66. The molecule has 0 unspecified atom stereocenters. The molecule has 0 aromatic carbocycles. The van der Waals surface area contributed by atoms with Crippen LogP contribution in [0.4, 0.5) is 0 Å². The van der Waals surface area contributed by atoms with Gasteiger partial charge in [0.15, 0.2) is 0 Å². The molecule has 0 radical (unpaired) electrons. The number of carbonyl (C=O) groups is 1. The predicted molar refractivity (Wildman–Crippen MR) is 44.3 cm³/mol. The Morgan fingerprint density at radius 3 is 2.55 bits per heavy atom. The van der Waals surface area contributed by atoms with Gasteiger partial charge in [-0.1, -0.05) is 12.8 Å². The van der Waals surface area contributed by atoms with Crippen molar-refractivity contribution in [3.8, 4) is 0 Å². The van der Waals surface area contributed by atoms with Crippen LogP contribution in [0.5, 0.6) is 0 Å². The molecule has 1 aliphatic carbocycles. The van der Waals surface area contributed by atoms with E-state index in [2.05, 4.69) is 4.90 Å². The summed E-state index contributed by atoms with van der Waals surface area (Å²) in [5, 5.41) is 0. The van der Waals surface area contributed by atoms with Crippen molar-refractivity contribution in [3.05, 3.63) is 0 Å². The summed E-state index contributed by atoms with van der Waals surface area (Å²) in [6, 6.07) is 0.616. The number of hydrogen-bond acceptors (Lipinski definition) is 1. The van der Waals surface area contributed by atoms with Gasteiger partial charge < -0.3 is 4.90 Å². The molecule has 0 N–H and O–H groups in total. The topological polar surface area (TPSA) is 20.3 Å². The minimum Gasteiger partial charge on any atom is -0.340 e. The Kier molecular flexibility index (Phi) is 1.84. The molecule has 1 saturated carbocycles. The molecule has 0 atom stereocenters. The molecular weight excluding hydrogens is 138 g/mol. The van der Waals surface area contributed by atoms with E-state index < -0.39 is 0 Å². The van der Waals surface area contributed by atoms with E-state index in [1.165, 1.54) is 25.7 Å². The maximum atomic E-state index is 11.3. The fraction of sp³-hybridized carbons (Fsp3) is 0.889. The van der Waals surface area contributed by atoms with Gasteiger partial charge in [-0.15, -0.1) is 0 Å². The molecule has 1 amide bonds. The van der Waals surface area contributed by atoms with E-state index >= 15 is 0 Å². The quantitative estimate of drug-likeness (QED) is 0.562. The van der Waals surface area contributed by atoms with E-state index in [0.717, 1.165) is 19.4 Å². The van der Waals surface area contributed by atoms with Gasteiger partial charge in [0.1, 0.15) is 0 Å². The third-order valence-corrected chi connectivity index (χ3v) is 2.88. The second-order valence-corrected chi connectivity index (χ2v) is 3.63. The highest BCUT2D eigenvalue weighted by Crippen LogP contribution is 2.26. The molecule has 62 valence electrons. The van der Waals surface area contributed by atoms with Gasteiger partial charge in [0, 0.05) is 19.0 Å². The van der Waals surface area contributed by atoms with Crippen molar-refractivity contribution in [2.45, 2.75) is 44.6 Å². The van der Waals surface area contributed by atoms with Crippen molar-refractivity contribution in [1.82, 2.24) is 4.90 Å². The highest BCUT2D eigenvalue weighted by atomic mass is 16.2. The van der Waals surface area contributed by atoms with Crippen LogP contribution in [-0.2, 0) is 4.79 Å². The summed E-state index contributed by atoms with van der Waals surface area (Å²) in [7, 11) is 0. The zero-order valence-electron chi connectivity index (χ0n) is 7.88. The van der Waals surface area contributed by atoms with Gasteiger partial charge >= 0.3 is 1.43 Å². The number of likely N-dealkylation sites (tertiary alicyclic amines) is 1. The van der Waals surface area contributed by atoms with Crippen molar-refractivity contribution in [1.29, 1.82) is 0 Å². The highest BCUT2D eigenvalue weighted by molar-refractivity contribution is 5.78. The van der Waals surface area contributed by atoms with Crippen LogP contribution in [0, 0.1) is 0 Å². The van der Waals surface area contributed by atoms with Gasteiger partial charge in [-0.25, -0.2) is 0 Å². The first-order chi connectivity index (χ1) is 5.38. The second kappa shape index (κ2) is 2.84. The van der Waals surface area contributed by atoms with E-state index in [9.17, 15) is 4.79 Å². The molecule has 2 heteroatoms. The lowest BCUT2D eigenvalue weighted by Crippen LogP contribution is -2.33. The van der Waals surface area contributed by atoms with Crippen LogP contribution in [0.1, 0.15) is 40.0 Å². The summed E-state index contributed by atoms with van der Waals surface area (Å²) in [4.78, 5) is 13.4. The summed E-state index contributed by atoms with van der Waals surface area (Å²) >= 11 is 0. The summed E-state index contributed by atoms with van der Waals surface area (Å²) in [6.07, 6.45) is 7.06. The minimum absolute atomic E-state index is 0. The SMILES string of the molecule is O=C1CCCN1C1CCCC1.[H+]. The molecule has 0 spiro atoms. The van der Waals surface area contributed by atoms with Crippen LogP contribution in [-0.4, -0.2) is 23.4 Å². The Bertz CT molecular complexity index is 166. The fourth-order valence-corrected chi connectivity index (χ4v) is 2.27. The number of hydrogen-bond donors (Lipinski definition) is 0. The lowest BCUT2D eigenvalue weighted by Gasteiger charge is -2.22. The van der Waals surface area contributed by atoms with Crippen LogP contribution in [0.25, 0.3) is 0 Å². The first-order valence-electron chi connectivity index (χ1n) is 4.67. The third-order valence-electron chi connectivity index (χ3n) is 2.88. The van der Waals surface area contributed by atoms with Gasteiger partial charge in [0.05, 0.1) is 0 Å². The molecule has 0 aromatic heterocycles. The molecular formula is C9H16NO+. The van der Waals surface area contributed by atoms with Crippen LogP contribution in [0.15, 0.2) is 0 Å². The van der Waals surface area contributed by atoms with Crippen molar-refractivity contribution in [3.63, 3.8) is 0 Å². The Morgan fingerprint density at radius 2 is 2.00 bits per heavy atom. The van der Waals surface area contributed by atoms with E-state index in [-0.39, 0.29) is 1.43 Å². The van der Waals surface area contributed by atoms with Crippen molar-refractivity contribution in [2.75, 3.05) is 6.54 Å². The highest BCUT2D eigenvalue weighted by Gasteiger charge is 2.29. The number of nitrogens with zero attached hydrogens (tertiary/aromatic N) is 1. The summed E-state index contributed by atoms with van der Waals surface area (Å²) in [5.41, 5.74) is 0. The zero-order valence-corrected chi connectivity index (χ0v) is 6.88. The number of amides is 1. The van der Waals surface area contributed by atoms with Gasteiger partial charge in [-0.3, -0.25) is 4.79 Å². The standard InChI is InChI=1S/C9H15NO/c11-9-6-3-7-10(9)8-4-1-2-5-8/h8H,1-7H2/p+1. The van der Waals surface area contributed by atoms with Crippen LogP contribution >= 0.6 is 0 Å². The third kappa shape index (κ3) is 1.26. The molecule has 0 bridgehead atoms. The van der Waals surface area contributed by atoms with Crippen molar-refractivity contribution < 1.29 is 6.22 Å². The van der Waals surface area contributed by atoms with Gasteiger partial charge in [-0.05, 0) is 19.3 Å². The Balaban J connectivity index is 0.000000720. The molecule has 2 fully saturated rings. The molecule has 1 saturated heterocycles. The largest absolute Gasteiger partial charge is 1.00 e. The monoisotopic (exact) mass is 154 g/mol. The average Bonchev–Trinajstić information content (AvgIpc) is 2.55. The summed E-state index contributed by atoms with van der Waals surface area (Å²) in [6.45, 7) is 1.03. The number of carbonyl (C=O) groups excluding carboxylic acids is 1. The molecule has 1 aliphatic heterocycles. The normalized spacial score (nSPS) is 26.9. The van der Waals surface area contributed by atoms with Crippen LogP contribution in [0.2, 0.25) is 0 Å². The molecule has 2 nitrogen and oxygen atoms in total. The Morgan fingerprint density at radius 1 is 1.27 bits per heavy atom. The second-order valence-electron chi connectivity index (χ2n) is 3.63. The van der Waals surface area contributed by atoms with E-state index in [1.807, 2.05) is 0 Å². The van der Waals surface area contributed by atoms with Gasteiger partial charge in [0.2, 0.25) is 5.91 Å². The first kappa shape index (κ1) is 7.14. The molecule has 2 aliphatic rings. The van der Waals surface area contributed by atoms with Crippen molar-refractivity contribution >= 4 is 5.91 Å². The fourth-order valence-electron chi connectivity index (χ4n) is 2.27. The van der Waals surface area contributed by atoms with E-state index in [1.54, 1.807) is 0 Å². The molecule has 2 rings (SSSR count). The summed E-state index contributed by atoms with van der Waals surface area (Å²) in [5.74, 6) is 0.400. The van der Waals surface area contributed by atoms with Crippen molar-refractivity contribution in [2.24, 2.45) is 0 Å². The minimum atomic E-state index is 0. The van der Waals surface area contributed by atoms with Crippen LogP contribution < -0.4 is 0 Å². The smallest absolute Gasteiger partial charge is 0.340 e. The molecule has 11 heavy (non-hydrogen) atoms. The average molecular weight is 154 g/mol. The summed E-state index contributed by atoms with van der Waals surface area (Å²) < 4.78 is 0. The van der Waals surface area contributed by atoms with Crippen LogP contribution in [0.3, 0.4) is 0 Å². The first-order valence-corrected chi connectivity index (χ1v) is 4.67. The van der Waals surface area contributed by atoms with Gasteiger partial charge in [-0.2, -0.15) is 0 Å². The molecule has 1 heterocycles.